The number of hydrogen-bond acceptors (Lipinski definition) is 3. The van der Waals surface area contributed by atoms with E-state index in [1.54, 1.807) is 6.92 Å². The lowest BCUT2D eigenvalue weighted by atomic mass is 10.1. The summed E-state index contributed by atoms with van der Waals surface area (Å²) in [5.41, 5.74) is 1.50. The third kappa shape index (κ3) is 4.82. The number of rotatable bonds is 6. The Bertz CT molecular complexity index is 451. The van der Waals surface area contributed by atoms with E-state index in [0.29, 0.717) is 12.1 Å². The molecule has 1 aromatic rings. The van der Waals surface area contributed by atoms with Crippen molar-refractivity contribution in [3.63, 3.8) is 0 Å². The summed E-state index contributed by atoms with van der Waals surface area (Å²) in [5.74, 6) is -1.04. The monoisotopic (exact) mass is 247 g/mol. The van der Waals surface area contributed by atoms with Crippen molar-refractivity contribution in [3.05, 3.63) is 47.7 Å². The van der Waals surface area contributed by atoms with Crippen molar-refractivity contribution in [2.75, 3.05) is 0 Å². The molecule has 0 saturated heterocycles. The standard InChI is InChI=1S/C14H17NO3/c1-10(8-11(2)16)15-13(14(17)18)9-12-6-4-3-5-7-12/h3-8,13,15H,9H2,1-2H3,(H,17,18)/t13-/m1/s1. The molecule has 4 nitrogen and oxygen atoms in total. The summed E-state index contributed by atoms with van der Waals surface area (Å²) in [6.45, 7) is 3.11. The van der Waals surface area contributed by atoms with Gasteiger partial charge >= 0.3 is 5.97 Å². The third-order valence-corrected chi connectivity index (χ3v) is 2.40. The van der Waals surface area contributed by atoms with Gasteiger partial charge in [-0.3, -0.25) is 4.79 Å². The molecule has 0 heterocycles. The van der Waals surface area contributed by atoms with E-state index < -0.39 is 12.0 Å². The summed E-state index contributed by atoms with van der Waals surface area (Å²) in [4.78, 5) is 22.1. The van der Waals surface area contributed by atoms with E-state index in [9.17, 15) is 9.59 Å². The number of benzene rings is 1. The van der Waals surface area contributed by atoms with Crippen LogP contribution >= 0.6 is 0 Å². The van der Waals surface area contributed by atoms with Crippen LogP contribution in [0.1, 0.15) is 19.4 Å². The van der Waals surface area contributed by atoms with Crippen LogP contribution < -0.4 is 5.32 Å². The van der Waals surface area contributed by atoms with Crippen LogP contribution in [0.4, 0.5) is 0 Å². The number of carboxylic acid groups (broad SMARTS) is 1. The Labute approximate surface area is 106 Å². The molecule has 0 radical (unpaired) electrons. The van der Waals surface area contributed by atoms with Gasteiger partial charge in [0.25, 0.3) is 0 Å². The van der Waals surface area contributed by atoms with Crippen LogP contribution in [0.5, 0.6) is 0 Å². The maximum absolute atomic E-state index is 11.2. The molecule has 4 heteroatoms. The first-order valence-electron chi connectivity index (χ1n) is 5.71. The second-order valence-corrected chi connectivity index (χ2v) is 4.16. The first-order valence-corrected chi connectivity index (χ1v) is 5.71. The van der Waals surface area contributed by atoms with Crippen molar-refractivity contribution in [2.24, 2.45) is 0 Å². The molecule has 1 aromatic carbocycles. The average molecular weight is 247 g/mol. The van der Waals surface area contributed by atoms with E-state index in [-0.39, 0.29) is 5.78 Å². The second-order valence-electron chi connectivity index (χ2n) is 4.16. The molecule has 0 aliphatic heterocycles. The van der Waals surface area contributed by atoms with E-state index >= 15 is 0 Å². The summed E-state index contributed by atoms with van der Waals surface area (Å²) >= 11 is 0. The zero-order chi connectivity index (χ0) is 13.5. The van der Waals surface area contributed by atoms with Crippen molar-refractivity contribution in [2.45, 2.75) is 26.3 Å². The third-order valence-electron chi connectivity index (χ3n) is 2.40. The van der Waals surface area contributed by atoms with Crippen LogP contribution in [0.3, 0.4) is 0 Å². The molecule has 0 aliphatic carbocycles. The number of hydrogen-bond donors (Lipinski definition) is 2. The highest BCUT2D eigenvalue weighted by Crippen LogP contribution is 2.05. The quantitative estimate of drug-likeness (QED) is 0.752. The average Bonchev–Trinajstić information content (AvgIpc) is 2.28. The molecule has 18 heavy (non-hydrogen) atoms. The zero-order valence-electron chi connectivity index (χ0n) is 10.5. The van der Waals surface area contributed by atoms with Crippen molar-refractivity contribution in [3.8, 4) is 0 Å². The Balaban J connectivity index is 2.73. The smallest absolute Gasteiger partial charge is 0.326 e. The van der Waals surface area contributed by atoms with Gasteiger partial charge in [0.15, 0.2) is 5.78 Å². The zero-order valence-corrected chi connectivity index (χ0v) is 10.5. The van der Waals surface area contributed by atoms with Crippen LogP contribution in [0.2, 0.25) is 0 Å². The summed E-state index contributed by atoms with van der Waals surface area (Å²) < 4.78 is 0. The number of carboxylic acids is 1. The van der Waals surface area contributed by atoms with Crippen molar-refractivity contribution in [1.82, 2.24) is 5.32 Å². The van der Waals surface area contributed by atoms with Gasteiger partial charge in [-0.05, 0) is 25.5 Å². The van der Waals surface area contributed by atoms with Gasteiger partial charge < -0.3 is 10.4 Å². The fourth-order valence-corrected chi connectivity index (χ4v) is 1.67. The highest BCUT2D eigenvalue weighted by molar-refractivity contribution is 5.88. The highest BCUT2D eigenvalue weighted by Gasteiger charge is 2.17. The van der Waals surface area contributed by atoms with Gasteiger partial charge in [0.1, 0.15) is 6.04 Å². The van der Waals surface area contributed by atoms with Crippen LogP contribution in [0.15, 0.2) is 42.1 Å². The largest absolute Gasteiger partial charge is 0.480 e. The van der Waals surface area contributed by atoms with Gasteiger partial charge in [0.2, 0.25) is 0 Å². The maximum Gasteiger partial charge on any atom is 0.326 e. The molecule has 0 saturated carbocycles. The SMILES string of the molecule is CC(=O)C=C(C)N[C@H](Cc1ccccc1)C(=O)O. The summed E-state index contributed by atoms with van der Waals surface area (Å²) in [6.07, 6.45) is 1.76. The van der Waals surface area contributed by atoms with Gasteiger partial charge in [-0.25, -0.2) is 4.79 Å². The molecule has 0 aliphatic rings. The Morgan fingerprint density at radius 3 is 2.39 bits per heavy atom. The van der Waals surface area contributed by atoms with Crippen LogP contribution in [0, 0.1) is 0 Å². The Morgan fingerprint density at radius 1 is 1.28 bits per heavy atom. The molecule has 1 rings (SSSR count). The molecule has 0 unspecified atom stereocenters. The summed E-state index contributed by atoms with van der Waals surface area (Å²) in [5, 5.41) is 12.0. The molecule has 0 fully saturated rings. The van der Waals surface area contributed by atoms with E-state index in [1.165, 1.54) is 13.0 Å². The normalized spacial score (nSPS) is 12.9. The molecule has 0 aromatic heterocycles. The van der Waals surface area contributed by atoms with Crippen molar-refractivity contribution in [1.29, 1.82) is 0 Å². The predicted molar refractivity (Wildman–Crippen MR) is 69.1 cm³/mol. The lowest BCUT2D eigenvalue weighted by molar-refractivity contribution is -0.139. The molecule has 96 valence electrons. The Kier molecular flexibility index (Phi) is 5.11. The molecule has 1 atom stereocenters. The summed E-state index contributed by atoms with van der Waals surface area (Å²) in [6, 6.07) is 8.64. The van der Waals surface area contributed by atoms with Crippen LogP contribution in [-0.4, -0.2) is 22.9 Å². The lowest BCUT2D eigenvalue weighted by Gasteiger charge is -2.16. The van der Waals surface area contributed by atoms with Gasteiger partial charge in [0.05, 0.1) is 0 Å². The first-order chi connectivity index (χ1) is 8.49. The molecule has 0 amide bonds. The Morgan fingerprint density at radius 2 is 1.89 bits per heavy atom. The van der Waals surface area contributed by atoms with Crippen LogP contribution in [-0.2, 0) is 16.0 Å². The van der Waals surface area contributed by atoms with Crippen molar-refractivity contribution < 1.29 is 14.7 Å². The minimum absolute atomic E-state index is 0.108. The number of carbonyl (C=O) groups excluding carboxylic acids is 1. The van der Waals surface area contributed by atoms with Gasteiger partial charge in [-0.2, -0.15) is 0 Å². The highest BCUT2D eigenvalue weighted by atomic mass is 16.4. The van der Waals surface area contributed by atoms with E-state index in [1.807, 2.05) is 30.3 Å². The number of ketones is 1. The maximum atomic E-state index is 11.2. The number of carbonyl (C=O) groups is 2. The number of nitrogens with one attached hydrogen (secondary N) is 1. The Hall–Kier alpha value is -2.10. The van der Waals surface area contributed by atoms with E-state index in [2.05, 4.69) is 5.32 Å². The lowest BCUT2D eigenvalue weighted by Crippen LogP contribution is -2.37. The fraction of sp³-hybridized carbons (Fsp3) is 0.286. The predicted octanol–water partition coefficient (Wildman–Crippen LogP) is 1.76. The topological polar surface area (TPSA) is 66.4 Å². The fourth-order valence-electron chi connectivity index (χ4n) is 1.67. The number of aliphatic carboxylic acids is 1. The molecular formula is C14H17NO3. The van der Waals surface area contributed by atoms with Crippen molar-refractivity contribution >= 4 is 11.8 Å². The number of allylic oxidation sites excluding steroid dienone is 2. The molecular weight excluding hydrogens is 230 g/mol. The minimum atomic E-state index is -0.935. The first kappa shape index (κ1) is 14.0. The second kappa shape index (κ2) is 6.59. The molecule has 0 bridgehead atoms. The summed E-state index contributed by atoms with van der Waals surface area (Å²) in [7, 11) is 0. The van der Waals surface area contributed by atoms with Gasteiger partial charge in [-0.15, -0.1) is 0 Å². The van der Waals surface area contributed by atoms with Crippen LogP contribution in [0.25, 0.3) is 0 Å². The minimum Gasteiger partial charge on any atom is -0.480 e. The van der Waals surface area contributed by atoms with Gasteiger partial charge in [-0.1, -0.05) is 30.3 Å². The van der Waals surface area contributed by atoms with E-state index in [4.69, 9.17) is 5.11 Å². The molecule has 0 spiro atoms. The molecule has 2 N–H and O–H groups in total. The van der Waals surface area contributed by atoms with Gasteiger partial charge in [0, 0.05) is 12.1 Å². The van der Waals surface area contributed by atoms with E-state index in [0.717, 1.165) is 5.56 Å².